The van der Waals surface area contributed by atoms with Gasteiger partial charge in [0.05, 0.1) is 13.5 Å². The summed E-state index contributed by atoms with van der Waals surface area (Å²) in [6.07, 6.45) is 10.9. The van der Waals surface area contributed by atoms with E-state index >= 15 is 0 Å². The number of carboxylic acids is 1. The minimum absolute atomic E-state index is 0.0690. The highest BCUT2D eigenvalue weighted by Gasteiger charge is 2.28. The Morgan fingerprint density at radius 3 is 2.70 bits per heavy atom. The number of rotatable bonds is 12. The minimum atomic E-state index is -0.941. The van der Waals surface area contributed by atoms with E-state index in [1.807, 2.05) is 0 Å². The summed E-state index contributed by atoms with van der Waals surface area (Å²) in [6, 6.07) is 2.58. The van der Waals surface area contributed by atoms with Crippen LogP contribution in [0.15, 0.2) is 18.5 Å². The number of hydrogen-bond acceptors (Lipinski definition) is 7. The first kappa shape index (κ1) is 23.1. The van der Waals surface area contributed by atoms with Gasteiger partial charge in [-0.05, 0) is 67.6 Å². The molecule has 1 fully saturated rings. The van der Waals surface area contributed by atoms with Crippen LogP contribution < -0.4 is 10.1 Å². The van der Waals surface area contributed by atoms with Crippen molar-refractivity contribution in [1.29, 1.82) is 0 Å². The number of aliphatic carboxylic acids is 1. The van der Waals surface area contributed by atoms with Gasteiger partial charge in [-0.15, -0.1) is 0 Å². The number of aryl methyl sites for hydroxylation is 2. The second-order valence-corrected chi connectivity index (χ2v) is 9.08. The lowest BCUT2D eigenvalue weighted by molar-refractivity contribution is -0.137. The van der Waals surface area contributed by atoms with Gasteiger partial charge in [0.2, 0.25) is 0 Å². The molecule has 1 aliphatic carbocycles. The maximum Gasteiger partial charge on any atom is 0.316 e. The lowest BCUT2D eigenvalue weighted by Gasteiger charge is -2.20. The molecule has 1 aliphatic heterocycles. The first-order valence-corrected chi connectivity index (χ1v) is 11.9. The maximum absolute atomic E-state index is 12.6. The third kappa shape index (κ3) is 6.27. The number of methoxy groups -OCH3 is 1. The van der Waals surface area contributed by atoms with Gasteiger partial charge in [0.15, 0.2) is 0 Å². The number of carbonyl (C=O) groups excluding carboxylic acids is 1. The topological polar surface area (TPSA) is 114 Å². The molecule has 3 heterocycles. The van der Waals surface area contributed by atoms with Gasteiger partial charge in [0.1, 0.15) is 11.6 Å². The number of anilines is 1. The highest BCUT2D eigenvalue weighted by atomic mass is 16.5. The van der Waals surface area contributed by atoms with Crippen molar-refractivity contribution in [1.82, 2.24) is 15.0 Å². The van der Waals surface area contributed by atoms with Crippen molar-refractivity contribution >= 4 is 17.6 Å². The van der Waals surface area contributed by atoms with Gasteiger partial charge < -0.3 is 15.2 Å². The van der Waals surface area contributed by atoms with Crippen molar-refractivity contribution in [2.45, 2.75) is 76.0 Å². The fraction of sp³-hybridized carbons (Fsp3) is 0.560. The van der Waals surface area contributed by atoms with Crippen molar-refractivity contribution < 1.29 is 19.4 Å². The predicted octanol–water partition coefficient (Wildman–Crippen LogP) is 4.05. The Kier molecular flexibility index (Phi) is 7.52. The summed E-state index contributed by atoms with van der Waals surface area (Å²) in [6.45, 7) is 0.980. The van der Waals surface area contributed by atoms with Crippen LogP contribution in [0.4, 0.5) is 5.82 Å². The van der Waals surface area contributed by atoms with E-state index in [-0.39, 0.29) is 24.6 Å². The van der Waals surface area contributed by atoms with Crippen molar-refractivity contribution in [2.75, 3.05) is 19.0 Å². The van der Waals surface area contributed by atoms with Crippen LogP contribution in [0.3, 0.4) is 0 Å². The molecule has 8 nitrogen and oxygen atoms in total. The molecular weight excluding hydrogens is 420 g/mol. The number of unbranched alkanes of at least 4 members (excludes halogenated alkanes) is 1. The smallest absolute Gasteiger partial charge is 0.316 e. The van der Waals surface area contributed by atoms with E-state index in [1.165, 1.54) is 36.8 Å². The van der Waals surface area contributed by atoms with E-state index in [9.17, 15) is 14.7 Å². The number of ketones is 1. The zero-order valence-electron chi connectivity index (χ0n) is 19.2. The molecule has 0 saturated heterocycles. The van der Waals surface area contributed by atoms with Gasteiger partial charge in [-0.25, -0.2) is 15.0 Å². The molecular formula is C25H32N4O4. The zero-order chi connectivity index (χ0) is 23.2. The fourth-order valence-corrected chi connectivity index (χ4v) is 4.54. The van der Waals surface area contributed by atoms with Crippen LogP contribution in [0.1, 0.15) is 85.6 Å². The number of carbonyl (C=O) groups is 2. The van der Waals surface area contributed by atoms with Gasteiger partial charge in [-0.1, -0.05) is 6.07 Å². The summed E-state index contributed by atoms with van der Waals surface area (Å²) >= 11 is 0. The molecule has 1 unspecified atom stereocenters. The van der Waals surface area contributed by atoms with Crippen LogP contribution in [-0.2, 0) is 22.4 Å². The first-order chi connectivity index (χ1) is 16.0. The van der Waals surface area contributed by atoms with Gasteiger partial charge in [-0.3, -0.25) is 9.59 Å². The van der Waals surface area contributed by atoms with E-state index in [1.54, 1.807) is 12.4 Å². The summed E-state index contributed by atoms with van der Waals surface area (Å²) in [7, 11) is 1.47. The largest absolute Gasteiger partial charge is 0.481 e. The number of nitrogens with zero attached hydrogens (tertiary/aromatic N) is 3. The fourth-order valence-electron chi connectivity index (χ4n) is 4.54. The third-order valence-electron chi connectivity index (χ3n) is 6.46. The Balaban J connectivity index is 1.30. The van der Waals surface area contributed by atoms with E-state index in [2.05, 4.69) is 21.4 Å². The Morgan fingerprint density at radius 2 is 2.00 bits per heavy atom. The molecule has 0 amide bonds. The number of carboxylic acid groups (broad SMARTS) is 1. The molecule has 0 radical (unpaired) electrons. The molecule has 2 N–H and O–H groups in total. The molecule has 0 aromatic carbocycles. The minimum Gasteiger partial charge on any atom is -0.481 e. The van der Waals surface area contributed by atoms with Crippen molar-refractivity contribution in [3.63, 3.8) is 0 Å². The number of fused-ring (bicyclic) bond motifs is 1. The maximum atomic E-state index is 12.6. The van der Waals surface area contributed by atoms with Gasteiger partial charge >= 0.3 is 12.0 Å². The molecule has 176 valence electrons. The lowest BCUT2D eigenvalue weighted by atomic mass is 9.91. The van der Waals surface area contributed by atoms with Crippen molar-refractivity contribution in [3.05, 3.63) is 40.8 Å². The second-order valence-electron chi connectivity index (χ2n) is 9.08. The lowest BCUT2D eigenvalue weighted by Crippen LogP contribution is -2.15. The standard InChI is InChI=1S/C25H32N4O4/c1-33-25-27-14-19(15-28-25)18(13-23(31)32)11-20(30)6-2-3-7-22-21(16-8-9-16)12-17-5-4-10-26-24(17)29-22/h12,14-16,18H,2-11,13H2,1H3,(H,26,29)(H,31,32). The van der Waals surface area contributed by atoms with Crippen LogP contribution in [-0.4, -0.2) is 45.5 Å². The van der Waals surface area contributed by atoms with Crippen molar-refractivity contribution in [2.24, 2.45) is 0 Å². The van der Waals surface area contributed by atoms with Gasteiger partial charge in [0, 0.05) is 43.4 Å². The van der Waals surface area contributed by atoms with E-state index < -0.39 is 11.9 Å². The quantitative estimate of drug-likeness (QED) is 0.464. The molecule has 4 rings (SSSR count). The molecule has 8 heteroatoms. The summed E-state index contributed by atoms with van der Waals surface area (Å²) in [5, 5.41) is 12.7. The molecule has 2 aliphatic rings. The molecule has 2 aromatic heterocycles. The Morgan fingerprint density at radius 1 is 1.21 bits per heavy atom. The summed E-state index contributed by atoms with van der Waals surface area (Å²) in [5.41, 5.74) is 4.57. The van der Waals surface area contributed by atoms with Crippen LogP contribution in [0.25, 0.3) is 0 Å². The van der Waals surface area contributed by atoms with Crippen LogP contribution in [0.5, 0.6) is 6.01 Å². The average Bonchev–Trinajstić information content (AvgIpc) is 3.66. The SMILES string of the molecule is COc1ncc(C(CC(=O)O)CC(=O)CCCCc2nc3c(cc2C2CC2)CCCN3)cn1. The molecule has 1 saturated carbocycles. The van der Waals surface area contributed by atoms with Crippen LogP contribution >= 0.6 is 0 Å². The monoisotopic (exact) mass is 452 g/mol. The number of hydrogen-bond donors (Lipinski definition) is 2. The normalized spacial score (nSPS) is 15.9. The van der Waals surface area contributed by atoms with Crippen LogP contribution in [0, 0.1) is 0 Å². The second kappa shape index (κ2) is 10.7. The molecule has 0 spiro atoms. The number of Topliss-reactive ketones (excluding diaryl/α,β-unsaturated/α-hetero) is 1. The predicted molar refractivity (Wildman–Crippen MR) is 124 cm³/mol. The van der Waals surface area contributed by atoms with E-state index in [0.29, 0.717) is 17.9 Å². The Labute approximate surface area is 194 Å². The summed E-state index contributed by atoms with van der Waals surface area (Å²) < 4.78 is 4.96. The van der Waals surface area contributed by atoms with Crippen molar-refractivity contribution in [3.8, 4) is 6.01 Å². The number of aromatic nitrogens is 3. The summed E-state index contributed by atoms with van der Waals surface area (Å²) in [5.74, 6) is 0.387. The third-order valence-corrected chi connectivity index (χ3v) is 6.46. The highest BCUT2D eigenvalue weighted by molar-refractivity contribution is 5.80. The Hall–Kier alpha value is -3.03. The highest BCUT2D eigenvalue weighted by Crippen LogP contribution is 2.43. The molecule has 33 heavy (non-hydrogen) atoms. The Bertz CT molecular complexity index is 989. The number of nitrogens with one attached hydrogen (secondary N) is 1. The van der Waals surface area contributed by atoms with Gasteiger partial charge in [0.25, 0.3) is 0 Å². The zero-order valence-corrected chi connectivity index (χ0v) is 19.2. The van der Waals surface area contributed by atoms with E-state index in [4.69, 9.17) is 9.72 Å². The number of ether oxygens (including phenoxy) is 1. The first-order valence-electron chi connectivity index (χ1n) is 11.9. The molecule has 2 aromatic rings. The van der Waals surface area contributed by atoms with Crippen LogP contribution in [0.2, 0.25) is 0 Å². The number of pyridine rings is 1. The van der Waals surface area contributed by atoms with Gasteiger partial charge in [-0.2, -0.15) is 0 Å². The van der Waals surface area contributed by atoms with E-state index in [0.717, 1.165) is 44.5 Å². The molecule has 0 bridgehead atoms. The average molecular weight is 453 g/mol. The molecule has 1 atom stereocenters. The summed E-state index contributed by atoms with van der Waals surface area (Å²) in [4.78, 5) is 37.0.